The molecule has 0 amide bonds. The highest BCUT2D eigenvalue weighted by molar-refractivity contribution is 5.29. The standard InChI is InChI=1S/C23H27N5/c1-16-7-4-10-25-20(16)13-19(24)22(14-21-17(2)8-5-11-26-21)28-15-23-18(3)9-6-12-27-23/h4-12,28H,13-15,24H2,1-3H3/b22-19+. The van der Waals surface area contributed by atoms with Gasteiger partial charge in [0.05, 0.1) is 12.2 Å². The summed E-state index contributed by atoms with van der Waals surface area (Å²) in [7, 11) is 0. The van der Waals surface area contributed by atoms with Crippen molar-refractivity contribution in [3.8, 4) is 0 Å². The number of rotatable bonds is 7. The number of allylic oxidation sites excluding steroid dienone is 2. The summed E-state index contributed by atoms with van der Waals surface area (Å²) >= 11 is 0. The van der Waals surface area contributed by atoms with E-state index in [0.29, 0.717) is 19.4 Å². The third-order valence-electron chi connectivity index (χ3n) is 4.91. The van der Waals surface area contributed by atoms with E-state index in [4.69, 9.17) is 5.73 Å². The molecule has 0 radical (unpaired) electrons. The van der Waals surface area contributed by atoms with Crippen LogP contribution in [0.2, 0.25) is 0 Å². The van der Waals surface area contributed by atoms with E-state index >= 15 is 0 Å². The van der Waals surface area contributed by atoms with Gasteiger partial charge in [0.1, 0.15) is 0 Å². The topological polar surface area (TPSA) is 76.7 Å². The molecule has 3 heterocycles. The average Bonchev–Trinajstić information content (AvgIpc) is 2.69. The molecule has 0 saturated carbocycles. The van der Waals surface area contributed by atoms with Gasteiger partial charge in [0.15, 0.2) is 0 Å². The summed E-state index contributed by atoms with van der Waals surface area (Å²) in [6.07, 6.45) is 6.69. The number of hydrogen-bond donors (Lipinski definition) is 2. The fraction of sp³-hybridized carbons (Fsp3) is 0.261. The Morgan fingerprint density at radius 2 is 1.21 bits per heavy atom. The molecule has 0 fully saturated rings. The number of nitrogens with two attached hydrogens (primary N) is 1. The maximum atomic E-state index is 6.55. The van der Waals surface area contributed by atoms with Gasteiger partial charge in [-0.2, -0.15) is 0 Å². The van der Waals surface area contributed by atoms with Gasteiger partial charge >= 0.3 is 0 Å². The van der Waals surface area contributed by atoms with E-state index in [-0.39, 0.29) is 0 Å². The smallest absolute Gasteiger partial charge is 0.0623 e. The van der Waals surface area contributed by atoms with Crippen molar-refractivity contribution in [1.29, 1.82) is 0 Å². The molecule has 28 heavy (non-hydrogen) atoms. The molecule has 3 aromatic heterocycles. The van der Waals surface area contributed by atoms with Crippen molar-refractivity contribution in [2.75, 3.05) is 0 Å². The quantitative estimate of drug-likeness (QED) is 0.662. The molecule has 0 aliphatic heterocycles. The Kier molecular flexibility index (Phi) is 6.37. The summed E-state index contributed by atoms with van der Waals surface area (Å²) in [5.74, 6) is 0. The second kappa shape index (κ2) is 9.13. The first-order valence-electron chi connectivity index (χ1n) is 9.47. The molecule has 0 aliphatic rings. The van der Waals surface area contributed by atoms with E-state index in [1.54, 1.807) is 0 Å². The number of pyridine rings is 3. The molecular weight excluding hydrogens is 346 g/mol. The van der Waals surface area contributed by atoms with Crippen molar-refractivity contribution in [3.05, 3.63) is 100 Å². The third kappa shape index (κ3) is 4.94. The summed E-state index contributed by atoms with van der Waals surface area (Å²) in [6.45, 7) is 6.82. The van der Waals surface area contributed by atoms with Crippen LogP contribution in [-0.4, -0.2) is 15.0 Å². The van der Waals surface area contributed by atoms with Crippen LogP contribution in [-0.2, 0) is 19.4 Å². The largest absolute Gasteiger partial charge is 0.400 e. The van der Waals surface area contributed by atoms with Crippen LogP contribution in [0.25, 0.3) is 0 Å². The van der Waals surface area contributed by atoms with E-state index in [0.717, 1.165) is 45.2 Å². The van der Waals surface area contributed by atoms with Gasteiger partial charge < -0.3 is 11.1 Å². The minimum absolute atomic E-state index is 0.599. The van der Waals surface area contributed by atoms with E-state index in [1.807, 2.05) is 36.8 Å². The zero-order valence-corrected chi connectivity index (χ0v) is 16.7. The molecule has 0 bridgehead atoms. The van der Waals surface area contributed by atoms with Gasteiger partial charge in [-0.15, -0.1) is 0 Å². The second-order valence-electron chi connectivity index (χ2n) is 7.01. The maximum Gasteiger partial charge on any atom is 0.0623 e. The molecule has 5 heteroatoms. The molecule has 5 nitrogen and oxygen atoms in total. The van der Waals surface area contributed by atoms with Gasteiger partial charge in [0.25, 0.3) is 0 Å². The number of hydrogen-bond acceptors (Lipinski definition) is 5. The van der Waals surface area contributed by atoms with E-state index in [9.17, 15) is 0 Å². The molecule has 0 spiro atoms. The minimum atomic E-state index is 0.599. The van der Waals surface area contributed by atoms with Crippen molar-refractivity contribution in [3.63, 3.8) is 0 Å². The Balaban J connectivity index is 1.87. The van der Waals surface area contributed by atoms with Crippen LogP contribution in [0, 0.1) is 20.8 Å². The molecule has 0 saturated heterocycles. The van der Waals surface area contributed by atoms with Gasteiger partial charge in [-0.1, -0.05) is 18.2 Å². The van der Waals surface area contributed by atoms with Crippen molar-refractivity contribution in [1.82, 2.24) is 20.3 Å². The summed E-state index contributed by atoms with van der Waals surface area (Å²) in [6, 6.07) is 12.0. The summed E-state index contributed by atoms with van der Waals surface area (Å²) in [5.41, 5.74) is 14.8. The van der Waals surface area contributed by atoms with Crippen molar-refractivity contribution in [2.45, 2.75) is 40.2 Å². The highest BCUT2D eigenvalue weighted by Crippen LogP contribution is 2.15. The van der Waals surface area contributed by atoms with Gasteiger partial charge in [-0.3, -0.25) is 15.0 Å². The normalized spacial score (nSPS) is 11.8. The Morgan fingerprint density at radius 3 is 1.71 bits per heavy atom. The predicted molar refractivity (Wildman–Crippen MR) is 112 cm³/mol. The van der Waals surface area contributed by atoms with Crippen LogP contribution in [0.4, 0.5) is 0 Å². The van der Waals surface area contributed by atoms with Gasteiger partial charge in [0.2, 0.25) is 0 Å². The second-order valence-corrected chi connectivity index (χ2v) is 7.01. The van der Waals surface area contributed by atoms with E-state index < -0.39 is 0 Å². The highest BCUT2D eigenvalue weighted by Gasteiger charge is 2.11. The molecule has 0 aromatic carbocycles. The molecule has 3 rings (SSSR count). The van der Waals surface area contributed by atoms with E-state index in [2.05, 4.69) is 59.2 Å². The first-order valence-corrected chi connectivity index (χ1v) is 9.47. The lowest BCUT2D eigenvalue weighted by molar-refractivity contribution is 0.727. The Morgan fingerprint density at radius 1 is 0.750 bits per heavy atom. The zero-order chi connectivity index (χ0) is 19.9. The Bertz CT molecular complexity index is 978. The zero-order valence-electron chi connectivity index (χ0n) is 16.7. The Hall–Kier alpha value is -3.21. The highest BCUT2D eigenvalue weighted by atomic mass is 14.9. The van der Waals surface area contributed by atoms with Crippen LogP contribution in [0.15, 0.2) is 66.4 Å². The fourth-order valence-corrected chi connectivity index (χ4v) is 3.04. The van der Waals surface area contributed by atoms with Gasteiger partial charge in [-0.25, -0.2) is 0 Å². The van der Waals surface area contributed by atoms with Gasteiger partial charge in [0, 0.05) is 54.2 Å². The molecular formula is C23H27N5. The summed E-state index contributed by atoms with van der Waals surface area (Å²) in [4.78, 5) is 13.5. The minimum Gasteiger partial charge on any atom is -0.400 e. The van der Waals surface area contributed by atoms with Crippen molar-refractivity contribution < 1.29 is 0 Å². The third-order valence-corrected chi connectivity index (χ3v) is 4.91. The molecule has 0 atom stereocenters. The molecule has 0 unspecified atom stereocenters. The summed E-state index contributed by atoms with van der Waals surface area (Å²) < 4.78 is 0. The lowest BCUT2D eigenvalue weighted by atomic mass is 10.1. The van der Waals surface area contributed by atoms with Gasteiger partial charge in [-0.05, 0) is 55.7 Å². The Labute approximate surface area is 166 Å². The molecule has 0 aliphatic carbocycles. The SMILES string of the molecule is Cc1cccnc1CN/C(Cc1ncccc1C)=C(/N)Cc1ncccc1C. The van der Waals surface area contributed by atoms with E-state index in [1.165, 1.54) is 0 Å². The number of nitrogens with one attached hydrogen (secondary N) is 1. The van der Waals surface area contributed by atoms with Crippen LogP contribution in [0.3, 0.4) is 0 Å². The number of nitrogens with zero attached hydrogens (tertiary/aromatic N) is 3. The number of aromatic nitrogens is 3. The molecule has 144 valence electrons. The van der Waals surface area contributed by atoms with Crippen LogP contribution in [0.1, 0.15) is 33.8 Å². The number of aryl methyl sites for hydroxylation is 3. The van der Waals surface area contributed by atoms with Crippen LogP contribution < -0.4 is 11.1 Å². The van der Waals surface area contributed by atoms with Crippen LogP contribution >= 0.6 is 0 Å². The lowest BCUT2D eigenvalue weighted by Crippen LogP contribution is -2.23. The first kappa shape index (κ1) is 19.5. The average molecular weight is 374 g/mol. The predicted octanol–water partition coefficient (Wildman–Crippen LogP) is 3.54. The summed E-state index contributed by atoms with van der Waals surface area (Å²) in [5, 5.41) is 3.52. The maximum absolute atomic E-state index is 6.55. The first-order chi connectivity index (χ1) is 13.5. The van der Waals surface area contributed by atoms with Crippen LogP contribution in [0.5, 0.6) is 0 Å². The van der Waals surface area contributed by atoms with Crippen molar-refractivity contribution >= 4 is 0 Å². The molecule has 3 aromatic rings. The fourth-order valence-electron chi connectivity index (χ4n) is 3.04. The molecule has 3 N–H and O–H groups in total. The lowest BCUT2D eigenvalue weighted by Gasteiger charge is -2.17. The monoisotopic (exact) mass is 373 g/mol. The van der Waals surface area contributed by atoms with Crippen molar-refractivity contribution in [2.24, 2.45) is 5.73 Å².